The highest BCUT2D eigenvalue weighted by molar-refractivity contribution is 14.0. The van der Waals surface area contributed by atoms with Crippen LogP contribution >= 0.6 is 24.0 Å². The highest BCUT2D eigenvalue weighted by Crippen LogP contribution is 2.40. The summed E-state index contributed by atoms with van der Waals surface area (Å²) in [5.41, 5.74) is 2.17. The Kier molecular flexibility index (Phi) is 11.5. The molecular weight excluding hydrogens is 501 g/mol. The van der Waals surface area contributed by atoms with Gasteiger partial charge in [0.1, 0.15) is 0 Å². The van der Waals surface area contributed by atoms with Crippen molar-refractivity contribution in [2.24, 2.45) is 10.4 Å². The molecule has 0 saturated heterocycles. The van der Waals surface area contributed by atoms with E-state index in [-0.39, 0.29) is 29.7 Å². The largest absolute Gasteiger partial charge is 0.385 e. The normalized spacial score (nSPS) is 16.3. The number of ether oxygens (including phenoxy) is 1. The van der Waals surface area contributed by atoms with E-state index in [0.717, 1.165) is 43.2 Å². The van der Waals surface area contributed by atoms with Gasteiger partial charge in [-0.1, -0.05) is 37.1 Å². The molecule has 2 N–H and O–H groups in total. The van der Waals surface area contributed by atoms with Crippen LogP contribution in [0.5, 0.6) is 0 Å². The second-order valence-electron chi connectivity index (χ2n) is 7.89. The lowest BCUT2D eigenvalue weighted by Gasteiger charge is -2.30. The standard InChI is InChI=1S/C21H35N3O3S.HI/c1-4-22-20(24-17-21(13-14-27-2)11-5-6-12-21)23-15-18-7-9-19(10-8-18)16-28(3,25)26;/h7-10H,4-6,11-17H2,1-3H3,(H2,22,23,24);1H. The van der Waals surface area contributed by atoms with Gasteiger partial charge in [0.2, 0.25) is 0 Å². The van der Waals surface area contributed by atoms with Gasteiger partial charge in [0, 0.05) is 33.1 Å². The summed E-state index contributed by atoms with van der Waals surface area (Å²) in [6, 6.07) is 7.63. The first-order valence-corrected chi connectivity index (χ1v) is 12.2. The van der Waals surface area contributed by atoms with E-state index >= 15 is 0 Å². The summed E-state index contributed by atoms with van der Waals surface area (Å²) < 4.78 is 28.1. The smallest absolute Gasteiger partial charge is 0.191 e. The number of nitrogens with zero attached hydrogens (tertiary/aromatic N) is 1. The first-order chi connectivity index (χ1) is 13.4. The molecule has 1 fully saturated rings. The van der Waals surface area contributed by atoms with E-state index in [1.807, 2.05) is 24.3 Å². The minimum Gasteiger partial charge on any atom is -0.385 e. The van der Waals surface area contributed by atoms with Gasteiger partial charge < -0.3 is 15.4 Å². The zero-order chi connectivity index (χ0) is 20.5. The first kappa shape index (κ1) is 26.2. The van der Waals surface area contributed by atoms with Crippen molar-refractivity contribution in [1.29, 1.82) is 0 Å². The molecule has 0 bridgehead atoms. The molecule has 0 unspecified atom stereocenters. The zero-order valence-corrected chi connectivity index (χ0v) is 21.0. The molecule has 0 atom stereocenters. The summed E-state index contributed by atoms with van der Waals surface area (Å²) in [4.78, 5) is 4.71. The molecule has 0 aliphatic heterocycles. The maximum atomic E-state index is 11.4. The van der Waals surface area contributed by atoms with Crippen LogP contribution in [0.3, 0.4) is 0 Å². The van der Waals surface area contributed by atoms with Gasteiger partial charge >= 0.3 is 0 Å². The average Bonchev–Trinajstić information content (AvgIpc) is 3.11. The molecule has 1 aliphatic carbocycles. The van der Waals surface area contributed by atoms with Crippen LogP contribution in [0.15, 0.2) is 29.3 Å². The van der Waals surface area contributed by atoms with Gasteiger partial charge in [0.05, 0.1) is 12.3 Å². The summed E-state index contributed by atoms with van der Waals surface area (Å²) in [6.45, 7) is 5.14. The molecule has 1 aliphatic rings. The van der Waals surface area contributed by atoms with Crippen LogP contribution in [-0.2, 0) is 26.9 Å². The summed E-state index contributed by atoms with van der Waals surface area (Å²) in [5.74, 6) is 0.899. The van der Waals surface area contributed by atoms with Crippen LogP contribution in [0.2, 0.25) is 0 Å². The van der Waals surface area contributed by atoms with Gasteiger partial charge in [-0.25, -0.2) is 13.4 Å². The van der Waals surface area contributed by atoms with Crippen molar-refractivity contribution in [2.75, 3.05) is 33.1 Å². The number of sulfone groups is 1. The molecule has 1 saturated carbocycles. The Hall–Kier alpha value is -0.870. The summed E-state index contributed by atoms with van der Waals surface area (Å²) in [5, 5.41) is 6.85. The lowest BCUT2D eigenvalue weighted by Crippen LogP contribution is -2.43. The molecule has 166 valence electrons. The van der Waals surface area contributed by atoms with Crippen molar-refractivity contribution in [3.8, 4) is 0 Å². The fourth-order valence-corrected chi connectivity index (χ4v) is 4.58. The van der Waals surface area contributed by atoms with Gasteiger partial charge in [0.15, 0.2) is 15.8 Å². The number of methoxy groups -OCH3 is 1. The fourth-order valence-electron chi connectivity index (χ4n) is 3.79. The number of halogens is 1. The van der Waals surface area contributed by atoms with Crippen LogP contribution in [-0.4, -0.2) is 47.4 Å². The molecule has 1 aromatic rings. The monoisotopic (exact) mass is 537 g/mol. The Morgan fingerprint density at radius 1 is 1.14 bits per heavy atom. The number of benzene rings is 1. The molecule has 2 rings (SSSR count). The number of hydrogen-bond donors (Lipinski definition) is 2. The minimum absolute atomic E-state index is 0. The molecule has 8 heteroatoms. The van der Waals surface area contributed by atoms with Gasteiger partial charge in [-0.05, 0) is 42.7 Å². The Balaban J connectivity index is 0.00000420. The predicted molar refractivity (Wildman–Crippen MR) is 131 cm³/mol. The van der Waals surface area contributed by atoms with Gasteiger partial charge in [0.25, 0.3) is 0 Å². The predicted octanol–water partition coefficient (Wildman–Crippen LogP) is 3.50. The Labute approximate surface area is 193 Å². The summed E-state index contributed by atoms with van der Waals surface area (Å²) in [7, 11) is -1.24. The Bertz CT molecular complexity index is 730. The van der Waals surface area contributed by atoms with E-state index < -0.39 is 9.84 Å². The van der Waals surface area contributed by atoms with Crippen LogP contribution in [0.4, 0.5) is 0 Å². The SMILES string of the molecule is CCNC(=NCc1ccc(CS(C)(=O)=O)cc1)NCC1(CCOC)CCCC1.I. The topological polar surface area (TPSA) is 79.8 Å². The zero-order valence-electron chi connectivity index (χ0n) is 17.9. The van der Waals surface area contributed by atoms with Crippen molar-refractivity contribution in [2.45, 2.75) is 51.3 Å². The van der Waals surface area contributed by atoms with E-state index in [0.29, 0.717) is 12.0 Å². The number of hydrogen-bond acceptors (Lipinski definition) is 4. The molecule has 29 heavy (non-hydrogen) atoms. The molecule has 0 spiro atoms. The fraction of sp³-hybridized carbons (Fsp3) is 0.667. The van der Waals surface area contributed by atoms with E-state index in [1.165, 1.54) is 31.9 Å². The highest BCUT2D eigenvalue weighted by Gasteiger charge is 2.33. The van der Waals surface area contributed by atoms with Gasteiger partial charge in [-0.2, -0.15) is 0 Å². The number of nitrogens with one attached hydrogen (secondary N) is 2. The van der Waals surface area contributed by atoms with Crippen molar-refractivity contribution in [3.05, 3.63) is 35.4 Å². The first-order valence-electron chi connectivity index (χ1n) is 10.1. The van der Waals surface area contributed by atoms with Crippen LogP contribution in [0.25, 0.3) is 0 Å². The van der Waals surface area contributed by atoms with Gasteiger partial charge in [-0.3, -0.25) is 0 Å². The number of aliphatic imine (C=N–C) groups is 1. The summed E-state index contributed by atoms with van der Waals surface area (Å²) >= 11 is 0. The molecule has 1 aromatic carbocycles. The molecule has 0 radical (unpaired) electrons. The van der Waals surface area contributed by atoms with Crippen molar-refractivity contribution in [1.82, 2.24) is 10.6 Å². The second kappa shape index (κ2) is 12.7. The molecule has 0 aromatic heterocycles. The summed E-state index contributed by atoms with van der Waals surface area (Å²) in [6.07, 6.45) is 7.40. The second-order valence-corrected chi connectivity index (χ2v) is 10.0. The van der Waals surface area contributed by atoms with Crippen LogP contribution in [0, 0.1) is 5.41 Å². The lowest BCUT2D eigenvalue weighted by atomic mass is 9.83. The maximum absolute atomic E-state index is 11.4. The van der Waals surface area contributed by atoms with Crippen LogP contribution in [0.1, 0.15) is 50.2 Å². The number of rotatable bonds is 10. The average molecular weight is 538 g/mol. The van der Waals surface area contributed by atoms with E-state index in [4.69, 9.17) is 9.73 Å². The third-order valence-electron chi connectivity index (χ3n) is 5.35. The lowest BCUT2D eigenvalue weighted by molar-refractivity contribution is 0.138. The van der Waals surface area contributed by atoms with Crippen molar-refractivity contribution >= 4 is 39.8 Å². The molecular formula is C21H36IN3O3S. The van der Waals surface area contributed by atoms with Crippen molar-refractivity contribution < 1.29 is 13.2 Å². The molecule has 6 nitrogen and oxygen atoms in total. The van der Waals surface area contributed by atoms with Crippen LogP contribution < -0.4 is 10.6 Å². The number of guanidine groups is 1. The molecule has 0 heterocycles. The van der Waals surface area contributed by atoms with Crippen molar-refractivity contribution in [3.63, 3.8) is 0 Å². The minimum atomic E-state index is -3.01. The Morgan fingerprint density at radius 2 is 1.76 bits per heavy atom. The maximum Gasteiger partial charge on any atom is 0.191 e. The quantitative estimate of drug-likeness (QED) is 0.272. The van der Waals surface area contributed by atoms with Gasteiger partial charge in [-0.15, -0.1) is 24.0 Å². The van der Waals surface area contributed by atoms with E-state index in [1.54, 1.807) is 7.11 Å². The van der Waals surface area contributed by atoms with E-state index in [2.05, 4.69) is 17.6 Å². The van der Waals surface area contributed by atoms with E-state index in [9.17, 15) is 8.42 Å². The molecule has 0 amide bonds. The Morgan fingerprint density at radius 3 is 2.31 bits per heavy atom. The third kappa shape index (κ3) is 9.65. The third-order valence-corrected chi connectivity index (χ3v) is 6.21. The highest BCUT2D eigenvalue weighted by atomic mass is 127.